The summed E-state index contributed by atoms with van der Waals surface area (Å²) in [5.74, 6) is -0.576. The molecule has 0 amide bonds. The number of pyridine rings is 1. The summed E-state index contributed by atoms with van der Waals surface area (Å²) >= 11 is 4.66. The summed E-state index contributed by atoms with van der Waals surface area (Å²) in [7, 11) is -3.92. The molecule has 25 heavy (non-hydrogen) atoms. The van der Waals surface area contributed by atoms with Gasteiger partial charge in [-0.3, -0.25) is 15.0 Å². The molecule has 0 spiro atoms. The maximum atomic E-state index is 9.63. The molecule has 11 heteroatoms. The summed E-state index contributed by atoms with van der Waals surface area (Å²) in [4.78, 5) is 4.32. The molecular formula is C14H19N5O4S2. The lowest BCUT2D eigenvalue weighted by Gasteiger charge is -2.07. The van der Waals surface area contributed by atoms with Gasteiger partial charge in [-0.05, 0) is 30.8 Å². The molecule has 2 aromatic rings. The zero-order chi connectivity index (χ0) is 19.0. The highest BCUT2D eigenvalue weighted by molar-refractivity contribution is 7.85. The third-order valence-electron chi connectivity index (χ3n) is 2.88. The fourth-order valence-electron chi connectivity index (χ4n) is 1.90. The number of hydrazone groups is 1. The Kier molecular flexibility index (Phi) is 7.64. The van der Waals surface area contributed by atoms with Crippen molar-refractivity contribution in [1.82, 2.24) is 10.4 Å². The summed E-state index contributed by atoms with van der Waals surface area (Å²) in [6.45, 7) is 1.44. The second kappa shape index (κ2) is 9.22. The molecule has 0 atom stereocenters. The van der Waals surface area contributed by atoms with Gasteiger partial charge >= 0.3 is 0 Å². The minimum absolute atomic E-state index is 0.113. The van der Waals surface area contributed by atoms with Crippen molar-refractivity contribution in [3.05, 3.63) is 35.7 Å². The number of nitrogens with one attached hydrogen (secondary N) is 1. The van der Waals surface area contributed by atoms with E-state index in [1.54, 1.807) is 12.4 Å². The molecule has 0 bridgehead atoms. The topological polar surface area (TPSA) is 164 Å². The maximum absolute atomic E-state index is 9.63. The van der Waals surface area contributed by atoms with Crippen LogP contribution in [0.1, 0.15) is 11.3 Å². The number of aliphatic hydroxyl groups excluding tert-OH is 1. The van der Waals surface area contributed by atoms with Gasteiger partial charge in [-0.15, -0.1) is 0 Å². The van der Waals surface area contributed by atoms with Gasteiger partial charge in [-0.2, -0.15) is 13.5 Å². The molecule has 0 unspecified atom stereocenters. The number of hydrogen-bond acceptors (Lipinski definition) is 7. The van der Waals surface area contributed by atoms with Crippen LogP contribution in [0, 0.1) is 6.92 Å². The fourth-order valence-corrected chi connectivity index (χ4v) is 2.18. The average Bonchev–Trinajstić information content (AvgIpc) is 2.49. The van der Waals surface area contributed by atoms with Gasteiger partial charge in [0.25, 0.3) is 10.1 Å². The predicted octanol–water partition coefficient (Wildman–Crippen LogP) is 0.159. The lowest BCUT2D eigenvalue weighted by Crippen LogP contribution is -2.24. The Morgan fingerprint density at radius 2 is 2.16 bits per heavy atom. The van der Waals surface area contributed by atoms with Crippen molar-refractivity contribution in [3.8, 4) is 0 Å². The Labute approximate surface area is 150 Å². The van der Waals surface area contributed by atoms with Crippen LogP contribution in [0.2, 0.25) is 0 Å². The highest BCUT2D eigenvalue weighted by Crippen LogP contribution is 2.25. The number of anilines is 1. The second-order valence-corrected chi connectivity index (χ2v) is 6.85. The molecule has 0 saturated heterocycles. The number of benzene rings is 1. The van der Waals surface area contributed by atoms with E-state index in [0.29, 0.717) is 5.69 Å². The van der Waals surface area contributed by atoms with Crippen molar-refractivity contribution in [2.45, 2.75) is 6.92 Å². The summed E-state index contributed by atoms with van der Waals surface area (Å²) in [6, 6.07) is 5.70. The van der Waals surface area contributed by atoms with E-state index in [1.807, 2.05) is 25.1 Å². The summed E-state index contributed by atoms with van der Waals surface area (Å²) in [6.07, 6.45) is 3.33. The van der Waals surface area contributed by atoms with Crippen LogP contribution >= 0.6 is 12.2 Å². The van der Waals surface area contributed by atoms with E-state index in [9.17, 15) is 8.42 Å². The number of rotatable bonds is 4. The number of aromatic nitrogens is 1. The molecule has 1 aromatic carbocycles. The minimum Gasteiger partial charge on any atom is -0.398 e. The largest absolute Gasteiger partial charge is 0.398 e. The zero-order valence-corrected chi connectivity index (χ0v) is 15.0. The number of aryl methyl sites for hydroxylation is 1. The minimum atomic E-state index is -3.92. The number of nitrogens with zero attached hydrogens (tertiary/aromatic N) is 2. The van der Waals surface area contributed by atoms with Crippen LogP contribution in [0.4, 0.5) is 5.69 Å². The number of nitrogens with two attached hydrogens (primary N) is 2. The van der Waals surface area contributed by atoms with Crippen LogP contribution < -0.4 is 16.9 Å². The second-order valence-electron chi connectivity index (χ2n) is 4.84. The molecule has 0 aliphatic rings. The number of fused-ring (bicyclic) bond motifs is 1. The van der Waals surface area contributed by atoms with Gasteiger partial charge in [-0.25, -0.2) is 0 Å². The highest BCUT2D eigenvalue weighted by atomic mass is 32.2. The smallest absolute Gasteiger partial charge is 0.267 e. The SMILES string of the molecule is Cc1cnc(/C=N/NC(N)=S)c2cccc(N)c12.O=S(=O)(O)CCO. The van der Waals surface area contributed by atoms with Crippen molar-refractivity contribution >= 4 is 50.1 Å². The first-order chi connectivity index (χ1) is 11.7. The van der Waals surface area contributed by atoms with Crippen LogP contribution in [0.15, 0.2) is 29.5 Å². The van der Waals surface area contributed by atoms with Gasteiger partial charge in [-0.1, -0.05) is 12.1 Å². The van der Waals surface area contributed by atoms with Crippen molar-refractivity contribution in [3.63, 3.8) is 0 Å². The Hall–Kier alpha value is -2.34. The van der Waals surface area contributed by atoms with E-state index < -0.39 is 22.5 Å². The Balaban J connectivity index is 0.000000381. The van der Waals surface area contributed by atoms with Crippen LogP contribution in [-0.2, 0) is 10.1 Å². The Bertz CT molecular complexity index is 876. The first-order valence-corrected chi connectivity index (χ1v) is 8.95. The number of thiocarbonyl (C=S) groups is 1. The van der Waals surface area contributed by atoms with Gasteiger partial charge in [0, 0.05) is 22.7 Å². The quantitative estimate of drug-likeness (QED) is 0.162. The van der Waals surface area contributed by atoms with E-state index in [2.05, 4.69) is 27.7 Å². The van der Waals surface area contributed by atoms with Crippen molar-refractivity contribution in [1.29, 1.82) is 0 Å². The Morgan fingerprint density at radius 3 is 2.68 bits per heavy atom. The number of hydrogen-bond donors (Lipinski definition) is 5. The summed E-state index contributed by atoms with van der Waals surface area (Å²) in [5.41, 5.74) is 16.2. The molecule has 0 fully saturated rings. The molecule has 1 aromatic heterocycles. The third-order valence-corrected chi connectivity index (χ3v) is 3.66. The first-order valence-electron chi connectivity index (χ1n) is 6.94. The van der Waals surface area contributed by atoms with Crippen molar-refractivity contribution in [2.24, 2.45) is 10.8 Å². The predicted molar refractivity (Wildman–Crippen MR) is 102 cm³/mol. The van der Waals surface area contributed by atoms with E-state index in [1.165, 1.54) is 0 Å². The van der Waals surface area contributed by atoms with E-state index in [4.69, 9.17) is 21.1 Å². The number of aliphatic hydroxyl groups is 1. The van der Waals surface area contributed by atoms with Crippen LogP contribution in [0.25, 0.3) is 10.8 Å². The van der Waals surface area contributed by atoms with Crippen molar-refractivity contribution < 1.29 is 18.1 Å². The molecule has 9 nitrogen and oxygen atoms in total. The third kappa shape index (κ3) is 6.97. The first kappa shape index (κ1) is 20.7. The summed E-state index contributed by atoms with van der Waals surface area (Å²) in [5, 5.41) is 13.8. The van der Waals surface area contributed by atoms with Crippen LogP contribution in [0.3, 0.4) is 0 Å². The molecule has 0 saturated carbocycles. The van der Waals surface area contributed by atoms with Gasteiger partial charge < -0.3 is 16.6 Å². The molecule has 0 radical (unpaired) electrons. The molecule has 2 rings (SSSR count). The van der Waals surface area contributed by atoms with E-state index in [0.717, 1.165) is 22.0 Å². The molecule has 1 heterocycles. The Morgan fingerprint density at radius 1 is 1.48 bits per heavy atom. The molecule has 136 valence electrons. The monoisotopic (exact) mass is 385 g/mol. The summed E-state index contributed by atoms with van der Waals surface area (Å²) < 4.78 is 27.1. The number of nitrogen functional groups attached to an aromatic ring is 1. The van der Waals surface area contributed by atoms with E-state index >= 15 is 0 Å². The lowest BCUT2D eigenvalue weighted by molar-refractivity contribution is 0.315. The average molecular weight is 385 g/mol. The lowest BCUT2D eigenvalue weighted by atomic mass is 10.0. The highest BCUT2D eigenvalue weighted by Gasteiger charge is 2.05. The van der Waals surface area contributed by atoms with Crippen LogP contribution in [-0.4, -0.2) is 46.7 Å². The molecule has 7 N–H and O–H groups in total. The van der Waals surface area contributed by atoms with Crippen LogP contribution in [0.5, 0.6) is 0 Å². The van der Waals surface area contributed by atoms with E-state index in [-0.39, 0.29) is 5.11 Å². The fraction of sp³-hybridized carbons (Fsp3) is 0.214. The normalized spacial score (nSPS) is 11.2. The zero-order valence-electron chi connectivity index (χ0n) is 13.4. The van der Waals surface area contributed by atoms with Gasteiger partial charge in [0.2, 0.25) is 0 Å². The van der Waals surface area contributed by atoms with Gasteiger partial charge in [0.1, 0.15) is 0 Å². The maximum Gasteiger partial charge on any atom is 0.267 e. The molecule has 0 aliphatic carbocycles. The molecule has 0 aliphatic heterocycles. The standard InChI is InChI=1S/C12H13N5S.C2H6O4S/c1-7-5-15-10(6-16-17-12(14)18)8-3-2-4-9(13)11(7)8;3-1-2-7(4,5)6/h2-6H,13H2,1H3,(H3,14,17,18);3H,1-2H2,(H,4,5,6)/b16-6+;. The van der Waals surface area contributed by atoms with Crippen molar-refractivity contribution in [2.75, 3.05) is 18.1 Å². The van der Waals surface area contributed by atoms with Gasteiger partial charge in [0.05, 0.1) is 24.3 Å². The van der Waals surface area contributed by atoms with Gasteiger partial charge in [0.15, 0.2) is 5.11 Å². The molecular weight excluding hydrogens is 366 g/mol.